The summed E-state index contributed by atoms with van der Waals surface area (Å²) in [6.45, 7) is 0. The van der Waals surface area contributed by atoms with E-state index in [9.17, 15) is 14.4 Å². The number of amides is 3. The van der Waals surface area contributed by atoms with Gasteiger partial charge in [-0.25, -0.2) is 4.98 Å². The van der Waals surface area contributed by atoms with Gasteiger partial charge in [0.25, 0.3) is 11.8 Å². The lowest BCUT2D eigenvalue weighted by Crippen LogP contribution is -2.30. The molecule has 5 aromatic rings. The van der Waals surface area contributed by atoms with Gasteiger partial charge in [0.2, 0.25) is 5.91 Å². The van der Waals surface area contributed by atoms with Crippen LogP contribution in [-0.2, 0) is 9.59 Å². The topological polar surface area (TPSA) is 109 Å². The van der Waals surface area contributed by atoms with E-state index >= 15 is 0 Å². The molecular formula is C34H27ClN4O4S2. The van der Waals surface area contributed by atoms with E-state index in [0.29, 0.717) is 32.7 Å². The molecule has 45 heavy (non-hydrogen) atoms. The minimum Gasteiger partial charge on any atom is -0.496 e. The van der Waals surface area contributed by atoms with E-state index in [1.54, 1.807) is 72.8 Å². The number of anilines is 2. The van der Waals surface area contributed by atoms with Crippen LogP contribution in [0.15, 0.2) is 119 Å². The zero-order chi connectivity index (χ0) is 31.6. The van der Waals surface area contributed by atoms with Crippen LogP contribution in [0.5, 0.6) is 5.75 Å². The highest BCUT2D eigenvalue weighted by Gasteiger charge is 2.17. The number of thiazole rings is 1. The van der Waals surface area contributed by atoms with Crippen molar-refractivity contribution in [2.75, 3.05) is 23.5 Å². The maximum Gasteiger partial charge on any atom is 0.272 e. The molecule has 4 aromatic carbocycles. The molecule has 11 heteroatoms. The van der Waals surface area contributed by atoms with Gasteiger partial charge in [0.15, 0.2) is 5.13 Å². The predicted octanol–water partition coefficient (Wildman–Crippen LogP) is 7.61. The summed E-state index contributed by atoms with van der Waals surface area (Å²) in [6, 6.07) is 30.3. The molecule has 226 valence electrons. The highest BCUT2D eigenvalue weighted by molar-refractivity contribution is 8.00. The number of ether oxygens (including phenoxy) is 1. The highest BCUT2D eigenvalue weighted by Crippen LogP contribution is 2.27. The van der Waals surface area contributed by atoms with E-state index < -0.39 is 11.8 Å². The van der Waals surface area contributed by atoms with E-state index in [1.807, 2.05) is 41.8 Å². The Morgan fingerprint density at radius 1 is 0.911 bits per heavy atom. The molecule has 0 aliphatic carbocycles. The first-order valence-electron chi connectivity index (χ1n) is 13.6. The summed E-state index contributed by atoms with van der Waals surface area (Å²) >= 11 is 8.62. The van der Waals surface area contributed by atoms with Crippen LogP contribution in [-0.4, -0.2) is 35.6 Å². The van der Waals surface area contributed by atoms with E-state index in [4.69, 9.17) is 16.3 Å². The molecule has 0 radical (unpaired) electrons. The molecule has 5 rings (SSSR count). The second-order valence-electron chi connectivity index (χ2n) is 9.48. The molecule has 0 spiro atoms. The average molecular weight is 655 g/mol. The van der Waals surface area contributed by atoms with Gasteiger partial charge in [-0.3, -0.25) is 14.4 Å². The summed E-state index contributed by atoms with van der Waals surface area (Å²) in [7, 11) is 1.54. The summed E-state index contributed by atoms with van der Waals surface area (Å²) in [5.41, 5.74) is 3.22. The third-order valence-corrected chi connectivity index (χ3v) is 8.32. The van der Waals surface area contributed by atoms with Crippen molar-refractivity contribution < 1.29 is 19.1 Å². The Morgan fingerprint density at radius 2 is 1.67 bits per heavy atom. The number of hydrogen-bond donors (Lipinski definition) is 3. The molecule has 0 saturated carbocycles. The van der Waals surface area contributed by atoms with Crippen LogP contribution in [0.3, 0.4) is 0 Å². The minimum atomic E-state index is -0.523. The van der Waals surface area contributed by atoms with Crippen molar-refractivity contribution in [3.05, 3.63) is 130 Å². The van der Waals surface area contributed by atoms with Crippen molar-refractivity contribution >= 4 is 69.3 Å². The Bertz CT molecular complexity index is 1840. The monoisotopic (exact) mass is 654 g/mol. The second-order valence-corrected chi connectivity index (χ2v) is 11.8. The number of carbonyl (C=O) groups is 3. The first-order valence-corrected chi connectivity index (χ1v) is 15.9. The van der Waals surface area contributed by atoms with Gasteiger partial charge in [-0.2, -0.15) is 0 Å². The summed E-state index contributed by atoms with van der Waals surface area (Å²) in [5, 5.41) is 11.4. The van der Waals surface area contributed by atoms with Gasteiger partial charge in [0.1, 0.15) is 11.4 Å². The second kappa shape index (κ2) is 15.2. The zero-order valence-corrected chi connectivity index (χ0v) is 26.3. The number of thioether (sulfide) groups is 1. The molecule has 3 amide bonds. The van der Waals surface area contributed by atoms with Crippen LogP contribution >= 0.6 is 34.7 Å². The number of halogens is 1. The van der Waals surface area contributed by atoms with Gasteiger partial charge < -0.3 is 20.7 Å². The molecular weight excluding hydrogens is 628 g/mol. The van der Waals surface area contributed by atoms with E-state index in [-0.39, 0.29) is 17.4 Å². The molecule has 0 saturated heterocycles. The SMILES string of the molecule is COc1ccccc1/C=C(/NC(=O)c1ccccc1)C(=O)Nc1cccc(SCC(=O)Nc2nc(-c3ccc(Cl)cc3)cs2)c1. The van der Waals surface area contributed by atoms with Crippen molar-refractivity contribution in [1.29, 1.82) is 0 Å². The normalized spacial score (nSPS) is 11.0. The average Bonchev–Trinajstić information content (AvgIpc) is 3.52. The number of rotatable bonds is 11. The molecule has 3 N–H and O–H groups in total. The number of carbonyl (C=O) groups excluding carboxylic acids is 3. The van der Waals surface area contributed by atoms with Gasteiger partial charge in [-0.15, -0.1) is 23.1 Å². The van der Waals surface area contributed by atoms with Gasteiger partial charge in [0.05, 0.1) is 18.6 Å². The van der Waals surface area contributed by atoms with Crippen molar-refractivity contribution in [1.82, 2.24) is 10.3 Å². The first-order chi connectivity index (χ1) is 21.9. The third kappa shape index (κ3) is 8.82. The summed E-state index contributed by atoms with van der Waals surface area (Å²) in [6.07, 6.45) is 1.56. The van der Waals surface area contributed by atoms with Crippen molar-refractivity contribution in [3.63, 3.8) is 0 Å². The van der Waals surface area contributed by atoms with E-state index in [2.05, 4.69) is 20.9 Å². The maximum absolute atomic E-state index is 13.5. The Hall–Kier alpha value is -4.90. The van der Waals surface area contributed by atoms with Crippen molar-refractivity contribution in [2.24, 2.45) is 0 Å². The molecule has 0 aliphatic heterocycles. The molecule has 0 bridgehead atoms. The van der Waals surface area contributed by atoms with Gasteiger partial charge in [0, 0.05) is 37.7 Å². The lowest BCUT2D eigenvalue weighted by atomic mass is 10.1. The number of methoxy groups -OCH3 is 1. The molecule has 8 nitrogen and oxygen atoms in total. The maximum atomic E-state index is 13.5. The van der Waals surface area contributed by atoms with Gasteiger partial charge >= 0.3 is 0 Å². The fraction of sp³-hybridized carbons (Fsp3) is 0.0588. The summed E-state index contributed by atoms with van der Waals surface area (Å²) in [4.78, 5) is 44.4. The smallest absolute Gasteiger partial charge is 0.272 e. The first kappa shape index (κ1) is 31.5. The third-order valence-electron chi connectivity index (χ3n) is 6.32. The van der Waals surface area contributed by atoms with Crippen LogP contribution in [0.25, 0.3) is 17.3 Å². The van der Waals surface area contributed by atoms with Crippen molar-refractivity contribution in [3.8, 4) is 17.0 Å². The number of aromatic nitrogens is 1. The Balaban J connectivity index is 1.24. The van der Waals surface area contributed by atoms with Crippen LogP contribution in [0.2, 0.25) is 5.02 Å². The number of para-hydroxylation sites is 1. The number of nitrogens with one attached hydrogen (secondary N) is 3. The van der Waals surface area contributed by atoms with Crippen LogP contribution in [0, 0.1) is 0 Å². The Labute approximate surface area is 273 Å². The lowest BCUT2D eigenvalue weighted by Gasteiger charge is -2.13. The van der Waals surface area contributed by atoms with E-state index in [1.165, 1.54) is 30.2 Å². The quantitative estimate of drug-likeness (QED) is 0.0999. The highest BCUT2D eigenvalue weighted by atomic mass is 35.5. The fourth-order valence-corrected chi connectivity index (χ4v) is 5.75. The van der Waals surface area contributed by atoms with Gasteiger partial charge in [-0.1, -0.05) is 66.2 Å². The summed E-state index contributed by atoms with van der Waals surface area (Å²) < 4.78 is 5.43. The zero-order valence-electron chi connectivity index (χ0n) is 24.0. The fourth-order valence-electron chi connectivity index (χ4n) is 4.13. The molecule has 0 unspecified atom stereocenters. The van der Waals surface area contributed by atoms with Crippen molar-refractivity contribution in [2.45, 2.75) is 4.90 Å². The molecule has 0 atom stereocenters. The standard InChI is InChI=1S/C34H27ClN4O4S2/c1-43-30-13-6-5-10-24(30)18-28(37-32(41)23-8-3-2-4-9-23)33(42)36-26-11-7-12-27(19-26)44-21-31(40)39-34-38-29(20-45-34)22-14-16-25(35)17-15-22/h2-20H,21H2,1H3,(H,36,42)(H,37,41)(H,38,39,40)/b28-18+. The minimum absolute atomic E-state index is 0.0344. The van der Waals surface area contributed by atoms with Crippen LogP contribution < -0.4 is 20.7 Å². The summed E-state index contributed by atoms with van der Waals surface area (Å²) in [5.74, 6) is -0.475. The number of benzene rings is 4. The Morgan fingerprint density at radius 3 is 2.44 bits per heavy atom. The van der Waals surface area contributed by atoms with Gasteiger partial charge in [-0.05, 0) is 54.6 Å². The number of hydrogen-bond acceptors (Lipinski definition) is 7. The molecule has 0 fully saturated rings. The Kier molecular flexibility index (Phi) is 10.7. The van der Waals surface area contributed by atoms with E-state index in [0.717, 1.165) is 16.2 Å². The largest absolute Gasteiger partial charge is 0.496 e. The predicted molar refractivity (Wildman–Crippen MR) is 182 cm³/mol. The molecule has 1 heterocycles. The van der Waals surface area contributed by atoms with Crippen LogP contribution in [0.4, 0.5) is 10.8 Å². The molecule has 0 aliphatic rings. The lowest BCUT2D eigenvalue weighted by molar-refractivity contribution is -0.114. The molecule has 1 aromatic heterocycles. The van der Waals surface area contributed by atoms with Crippen LogP contribution in [0.1, 0.15) is 15.9 Å². The number of nitrogens with zero attached hydrogens (tertiary/aromatic N) is 1.